The number of carbonyl (C=O) groups excluding carboxylic acids is 1. The molecular formula is C23H23N5O4S2. The average Bonchev–Trinajstić information content (AvgIpc) is 3.50. The van der Waals surface area contributed by atoms with Crippen LogP contribution in [0.1, 0.15) is 5.69 Å². The molecule has 3 heterocycles. The molecule has 0 bridgehead atoms. The van der Waals surface area contributed by atoms with Crippen LogP contribution < -0.4 is 25.7 Å². The molecular weight excluding hydrogens is 474 g/mol. The predicted octanol–water partition coefficient (Wildman–Crippen LogP) is 4.24. The van der Waals surface area contributed by atoms with Crippen molar-refractivity contribution < 1.29 is 14.3 Å². The summed E-state index contributed by atoms with van der Waals surface area (Å²) >= 11 is 3.17. The minimum absolute atomic E-state index is 0.214. The van der Waals surface area contributed by atoms with Crippen LogP contribution in [0, 0.1) is 6.92 Å². The summed E-state index contributed by atoms with van der Waals surface area (Å²) in [6.07, 6.45) is 0. The van der Waals surface area contributed by atoms with Gasteiger partial charge < -0.3 is 20.1 Å². The molecule has 3 aromatic heterocycles. The summed E-state index contributed by atoms with van der Waals surface area (Å²) in [7, 11) is 3.07. The van der Waals surface area contributed by atoms with Crippen molar-refractivity contribution in [3.05, 3.63) is 63.9 Å². The first-order valence-corrected chi connectivity index (χ1v) is 12.0. The first-order chi connectivity index (χ1) is 16.5. The number of thiazole rings is 1. The quantitative estimate of drug-likeness (QED) is 0.377. The lowest BCUT2D eigenvalue weighted by Crippen LogP contribution is -2.34. The van der Waals surface area contributed by atoms with Crippen molar-refractivity contribution in [1.82, 2.24) is 20.1 Å². The number of hydrogen-bond donors (Lipinski definition) is 2. The lowest BCUT2D eigenvalue weighted by atomic mass is 10.3. The van der Waals surface area contributed by atoms with E-state index in [1.807, 2.05) is 24.4 Å². The zero-order valence-electron chi connectivity index (χ0n) is 18.8. The van der Waals surface area contributed by atoms with Crippen molar-refractivity contribution in [2.24, 2.45) is 0 Å². The van der Waals surface area contributed by atoms with Gasteiger partial charge in [0.1, 0.15) is 22.2 Å². The molecule has 176 valence electrons. The smallest absolute Gasteiger partial charge is 0.319 e. The van der Waals surface area contributed by atoms with E-state index in [4.69, 9.17) is 9.47 Å². The van der Waals surface area contributed by atoms with Gasteiger partial charge in [0.15, 0.2) is 0 Å². The second-order valence-corrected chi connectivity index (χ2v) is 9.12. The van der Waals surface area contributed by atoms with Gasteiger partial charge in [0.05, 0.1) is 36.2 Å². The van der Waals surface area contributed by atoms with Crippen LogP contribution in [0.25, 0.3) is 20.5 Å². The summed E-state index contributed by atoms with van der Waals surface area (Å²) in [6, 6.07) is 11.9. The van der Waals surface area contributed by atoms with Crippen molar-refractivity contribution in [1.29, 1.82) is 0 Å². The van der Waals surface area contributed by atoms with Gasteiger partial charge in [-0.1, -0.05) is 6.07 Å². The molecule has 9 nitrogen and oxygen atoms in total. The van der Waals surface area contributed by atoms with E-state index in [-0.39, 0.29) is 18.6 Å². The Labute approximate surface area is 204 Å². The number of thiophene rings is 1. The van der Waals surface area contributed by atoms with Crippen LogP contribution in [0.15, 0.2) is 52.6 Å². The monoisotopic (exact) mass is 497 g/mol. The van der Waals surface area contributed by atoms with Gasteiger partial charge in [0, 0.05) is 36.5 Å². The number of carbonyl (C=O) groups is 1. The van der Waals surface area contributed by atoms with Crippen LogP contribution >= 0.6 is 22.7 Å². The molecule has 0 saturated carbocycles. The second-order valence-electron chi connectivity index (χ2n) is 7.17. The maximum atomic E-state index is 12.3. The third kappa shape index (κ3) is 5.43. The highest BCUT2D eigenvalue weighted by molar-refractivity contribution is 7.23. The number of hydrogen-bond acceptors (Lipinski definition) is 8. The highest BCUT2D eigenvalue weighted by Crippen LogP contribution is 2.35. The van der Waals surface area contributed by atoms with Gasteiger partial charge in [0.25, 0.3) is 5.56 Å². The number of benzene rings is 1. The molecule has 0 unspecified atom stereocenters. The molecule has 0 fully saturated rings. The molecule has 4 aromatic rings. The number of rotatable bonds is 8. The largest absolute Gasteiger partial charge is 0.497 e. The van der Waals surface area contributed by atoms with E-state index in [2.05, 4.69) is 20.7 Å². The summed E-state index contributed by atoms with van der Waals surface area (Å²) < 4.78 is 11.8. The number of methoxy groups -OCH3 is 2. The maximum absolute atomic E-state index is 12.3. The Bertz CT molecular complexity index is 1330. The lowest BCUT2D eigenvalue weighted by molar-refractivity contribution is 0.251. The summed E-state index contributed by atoms with van der Waals surface area (Å²) in [5.74, 6) is 1.12. The van der Waals surface area contributed by atoms with Gasteiger partial charge in [0.2, 0.25) is 0 Å². The molecule has 34 heavy (non-hydrogen) atoms. The van der Waals surface area contributed by atoms with Crippen molar-refractivity contribution >= 4 is 34.4 Å². The molecule has 2 N–H and O–H groups in total. The molecule has 0 aliphatic rings. The Morgan fingerprint density at radius 1 is 1.12 bits per heavy atom. The van der Waals surface area contributed by atoms with E-state index >= 15 is 0 Å². The minimum Gasteiger partial charge on any atom is -0.497 e. The first kappa shape index (κ1) is 23.5. The number of nitrogens with one attached hydrogen (secondary N) is 2. The molecule has 4 rings (SSSR count). The number of ether oxygens (including phenoxy) is 2. The third-order valence-electron chi connectivity index (χ3n) is 4.85. The lowest BCUT2D eigenvalue weighted by Gasteiger charge is -2.11. The molecule has 0 atom stereocenters. The fraction of sp³-hybridized carbons (Fsp3) is 0.217. The summed E-state index contributed by atoms with van der Waals surface area (Å²) in [4.78, 5) is 31.3. The second kappa shape index (κ2) is 10.5. The number of anilines is 1. The summed E-state index contributed by atoms with van der Waals surface area (Å²) in [5.41, 5.74) is 1.81. The third-order valence-corrected chi connectivity index (χ3v) is 7.07. The molecule has 1 aromatic carbocycles. The molecule has 11 heteroatoms. The Balaban J connectivity index is 1.41. The number of nitrogens with zero attached hydrogens (tertiary/aromatic N) is 3. The highest BCUT2D eigenvalue weighted by Gasteiger charge is 2.14. The number of amides is 2. The van der Waals surface area contributed by atoms with Crippen LogP contribution in [0.2, 0.25) is 0 Å². The van der Waals surface area contributed by atoms with Gasteiger partial charge in [-0.3, -0.25) is 4.79 Å². The molecule has 0 spiro atoms. The van der Waals surface area contributed by atoms with E-state index < -0.39 is 6.03 Å². The average molecular weight is 498 g/mol. The van der Waals surface area contributed by atoms with Gasteiger partial charge in [-0.2, -0.15) is 5.10 Å². The van der Waals surface area contributed by atoms with E-state index in [0.717, 1.165) is 20.5 Å². The van der Waals surface area contributed by atoms with Gasteiger partial charge in [-0.15, -0.1) is 22.7 Å². The standard InChI is InChI=1S/C23H23N5O4S2/c1-14-21(34-22(25-14)19-5-4-10-33-19)18-6-7-20(29)28(27-18)9-8-24-23(30)26-15-11-16(31-2)13-17(12-15)32-3/h4-7,10-13H,8-9H2,1-3H3,(H2,24,26,30). The minimum atomic E-state index is -0.418. The predicted molar refractivity (Wildman–Crippen MR) is 134 cm³/mol. The zero-order chi connectivity index (χ0) is 24.1. The van der Waals surface area contributed by atoms with E-state index in [9.17, 15) is 9.59 Å². The molecule has 0 saturated heterocycles. The maximum Gasteiger partial charge on any atom is 0.319 e. The Hall–Kier alpha value is -3.70. The highest BCUT2D eigenvalue weighted by atomic mass is 32.1. The van der Waals surface area contributed by atoms with Gasteiger partial charge >= 0.3 is 6.03 Å². The summed E-state index contributed by atoms with van der Waals surface area (Å²) in [5, 5.41) is 12.9. The van der Waals surface area contributed by atoms with E-state index in [0.29, 0.717) is 22.9 Å². The van der Waals surface area contributed by atoms with Crippen molar-refractivity contribution in [3.8, 4) is 32.0 Å². The topological polar surface area (TPSA) is 107 Å². The number of aryl methyl sites for hydroxylation is 1. The van der Waals surface area contributed by atoms with Crippen LogP contribution in [0.3, 0.4) is 0 Å². The molecule has 0 aliphatic carbocycles. The van der Waals surface area contributed by atoms with Crippen molar-refractivity contribution in [3.63, 3.8) is 0 Å². The Morgan fingerprint density at radius 3 is 2.56 bits per heavy atom. The zero-order valence-corrected chi connectivity index (χ0v) is 20.5. The first-order valence-electron chi connectivity index (χ1n) is 10.3. The van der Waals surface area contributed by atoms with E-state index in [1.54, 1.807) is 46.9 Å². The van der Waals surface area contributed by atoms with Crippen LogP contribution in [-0.4, -0.2) is 41.6 Å². The van der Waals surface area contributed by atoms with Gasteiger partial charge in [-0.25, -0.2) is 14.5 Å². The van der Waals surface area contributed by atoms with Crippen LogP contribution in [0.4, 0.5) is 10.5 Å². The number of aromatic nitrogens is 3. The fourth-order valence-electron chi connectivity index (χ4n) is 3.20. The van der Waals surface area contributed by atoms with Crippen molar-refractivity contribution in [2.45, 2.75) is 13.5 Å². The Morgan fingerprint density at radius 2 is 1.88 bits per heavy atom. The van der Waals surface area contributed by atoms with Crippen LogP contribution in [-0.2, 0) is 6.54 Å². The molecule has 0 aliphatic heterocycles. The number of urea groups is 1. The van der Waals surface area contributed by atoms with E-state index in [1.165, 1.54) is 25.0 Å². The van der Waals surface area contributed by atoms with Crippen molar-refractivity contribution in [2.75, 3.05) is 26.1 Å². The van der Waals surface area contributed by atoms with Crippen LogP contribution in [0.5, 0.6) is 11.5 Å². The summed E-state index contributed by atoms with van der Waals surface area (Å²) in [6.45, 7) is 2.36. The SMILES string of the molecule is COc1cc(NC(=O)NCCn2nc(-c3sc(-c4cccs4)nc3C)ccc2=O)cc(OC)c1. The Kier molecular flexibility index (Phi) is 7.24. The van der Waals surface area contributed by atoms with Gasteiger partial charge in [-0.05, 0) is 24.4 Å². The fourth-order valence-corrected chi connectivity index (χ4v) is 5.03. The molecule has 2 amide bonds. The normalized spacial score (nSPS) is 10.7. The molecule has 0 radical (unpaired) electrons.